The minimum atomic E-state index is 0.291. The van der Waals surface area contributed by atoms with Crippen LogP contribution in [0.2, 0.25) is 0 Å². The molecule has 0 spiro atoms. The van der Waals surface area contributed by atoms with Crippen molar-refractivity contribution in [2.75, 3.05) is 12.4 Å². The molecule has 1 N–H and O–H groups in total. The first kappa shape index (κ1) is 11.9. The van der Waals surface area contributed by atoms with Crippen LogP contribution in [0.5, 0.6) is 5.75 Å². The van der Waals surface area contributed by atoms with Crippen molar-refractivity contribution in [1.29, 1.82) is 0 Å². The van der Waals surface area contributed by atoms with Gasteiger partial charge in [0.2, 0.25) is 0 Å². The van der Waals surface area contributed by atoms with Gasteiger partial charge in [-0.25, -0.2) is 4.98 Å². The quantitative estimate of drug-likeness (QED) is 0.875. The second-order valence-electron chi connectivity index (χ2n) is 3.67. The van der Waals surface area contributed by atoms with Gasteiger partial charge in [-0.3, -0.25) is 0 Å². The van der Waals surface area contributed by atoms with Crippen molar-refractivity contribution >= 4 is 17.2 Å². The Balaban J connectivity index is 2.18. The molecule has 0 fully saturated rings. The summed E-state index contributed by atoms with van der Waals surface area (Å²) in [5, 5.41) is 5.52. The van der Waals surface area contributed by atoms with Crippen LogP contribution >= 0.6 is 11.3 Å². The maximum absolute atomic E-state index is 5.29. The molecule has 0 aromatic carbocycles. The first-order chi connectivity index (χ1) is 8.35. The van der Waals surface area contributed by atoms with Gasteiger partial charge in [0, 0.05) is 11.1 Å². The second-order valence-corrected chi connectivity index (χ2v) is 4.65. The van der Waals surface area contributed by atoms with Gasteiger partial charge >= 0.3 is 0 Å². The number of pyridine rings is 1. The number of nitrogens with zero attached hydrogens (tertiary/aromatic N) is 1. The molecule has 1 unspecified atom stereocenters. The number of aromatic nitrogens is 1. The Morgan fingerprint density at radius 2 is 2.29 bits per heavy atom. The van der Waals surface area contributed by atoms with Gasteiger partial charge in [-0.15, -0.1) is 11.3 Å². The van der Waals surface area contributed by atoms with E-state index >= 15 is 0 Å². The summed E-state index contributed by atoms with van der Waals surface area (Å²) < 4.78 is 5.29. The zero-order valence-corrected chi connectivity index (χ0v) is 10.8. The highest BCUT2D eigenvalue weighted by molar-refractivity contribution is 7.10. The topological polar surface area (TPSA) is 34.2 Å². The number of methoxy groups -OCH3 is 1. The monoisotopic (exact) mass is 248 g/mol. The normalized spacial score (nSPS) is 12.1. The van der Waals surface area contributed by atoms with Crippen LogP contribution in [-0.4, -0.2) is 12.1 Å². The molecule has 2 heterocycles. The molecule has 0 aliphatic carbocycles. The number of rotatable bonds is 5. The lowest BCUT2D eigenvalue weighted by atomic mass is 10.2. The second kappa shape index (κ2) is 5.68. The van der Waals surface area contributed by atoms with Gasteiger partial charge in [-0.1, -0.05) is 13.0 Å². The van der Waals surface area contributed by atoms with Gasteiger partial charge in [-0.05, 0) is 30.0 Å². The van der Waals surface area contributed by atoms with E-state index in [1.54, 1.807) is 24.6 Å². The van der Waals surface area contributed by atoms with Crippen LogP contribution in [0.4, 0.5) is 5.82 Å². The Morgan fingerprint density at radius 1 is 1.41 bits per heavy atom. The molecule has 0 radical (unpaired) electrons. The van der Waals surface area contributed by atoms with Gasteiger partial charge in [0.05, 0.1) is 13.2 Å². The third-order valence-corrected chi connectivity index (χ3v) is 3.58. The van der Waals surface area contributed by atoms with Crippen molar-refractivity contribution in [3.05, 3.63) is 40.7 Å². The van der Waals surface area contributed by atoms with Crippen LogP contribution in [0.1, 0.15) is 24.3 Å². The lowest BCUT2D eigenvalue weighted by Gasteiger charge is -2.17. The standard InChI is InChI=1S/C13H16N2OS/c1-3-10(12-7-5-9-17-12)15-13-11(16-2)6-4-8-14-13/h4-10H,3H2,1-2H3,(H,14,15). The summed E-state index contributed by atoms with van der Waals surface area (Å²) in [5.74, 6) is 1.58. The molecule has 2 aromatic rings. The van der Waals surface area contributed by atoms with Crippen LogP contribution < -0.4 is 10.1 Å². The van der Waals surface area contributed by atoms with E-state index in [0.717, 1.165) is 18.0 Å². The van der Waals surface area contributed by atoms with Crippen molar-refractivity contribution in [2.24, 2.45) is 0 Å². The Hall–Kier alpha value is -1.55. The maximum Gasteiger partial charge on any atom is 0.169 e. The summed E-state index contributed by atoms with van der Waals surface area (Å²) in [4.78, 5) is 5.64. The Kier molecular flexibility index (Phi) is 3.98. The first-order valence-electron chi connectivity index (χ1n) is 5.64. The summed E-state index contributed by atoms with van der Waals surface area (Å²) in [7, 11) is 1.66. The number of hydrogen-bond acceptors (Lipinski definition) is 4. The minimum absolute atomic E-state index is 0.291. The molecule has 1 atom stereocenters. The number of hydrogen-bond donors (Lipinski definition) is 1. The minimum Gasteiger partial charge on any atom is -0.493 e. The zero-order valence-electron chi connectivity index (χ0n) is 10.0. The van der Waals surface area contributed by atoms with E-state index in [-0.39, 0.29) is 0 Å². The first-order valence-corrected chi connectivity index (χ1v) is 6.52. The molecule has 17 heavy (non-hydrogen) atoms. The summed E-state index contributed by atoms with van der Waals surface area (Å²) in [6.07, 6.45) is 2.78. The van der Waals surface area contributed by atoms with Crippen LogP contribution in [-0.2, 0) is 0 Å². The number of nitrogens with one attached hydrogen (secondary N) is 1. The maximum atomic E-state index is 5.29. The van der Waals surface area contributed by atoms with Gasteiger partial charge in [-0.2, -0.15) is 0 Å². The fraction of sp³-hybridized carbons (Fsp3) is 0.308. The Bertz CT molecular complexity index is 456. The molecule has 2 aromatic heterocycles. The zero-order chi connectivity index (χ0) is 12.1. The third-order valence-electron chi connectivity index (χ3n) is 2.60. The largest absolute Gasteiger partial charge is 0.493 e. The predicted molar refractivity (Wildman–Crippen MR) is 71.8 cm³/mol. The van der Waals surface area contributed by atoms with E-state index in [1.165, 1.54) is 4.88 Å². The molecular weight excluding hydrogens is 232 g/mol. The van der Waals surface area contributed by atoms with Crippen molar-refractivity contribution < 1.29 is 4.74 Å². The predicted octanol–water partition coefficient (Wildman–Crippen LogP) is 3.71. The number of anilines is 1. The molecule has 0 saturated carbocycles. The molecule has 0 saturated heterocycles. The molecule has 0 aliphatic rings. The van der Waals surface area contributed by atoms with Gasteiger partial charge < -0.3 is 10.1 Å². The number of thiophene rings is 1. The summed E-state index contributed by atoms with van der Waals surface area (Å²) in [6, 6.07) is 8.28. The van der Waals surface area contributed by atoms with Crippen LogP contribution in [0, 0.1) is 0 Å². The van der Waals surface area contributed by atoms with E-state index in [2.05, 4.69) is 34.7 Å². The number of ether oxygens (including phenoxy) is 1. The molecule has 0 amide bonds. The smallest absolute Gasteiger partial charge is 0.169 e. The molecular formula is C13H16N2OS. The van der Waals surface area contributed by atoms with E-state index in [0.29, 0.717) is 6.04 Å². The molecule has 90 valence electrons. The molecule has 3 nitrogen and oxygen atoms in total. The molecule has 0 bridgehead atoms. The average molecular weight is 248 g/mol. The van der Waals surface area contributed by atoms with Crippen molar-refractivity contribution in [3.63, 3.8) is 0 Å². The SMILES string of the molecule is CCC(Nc1ncccc1OC)c1cccs1. The van der Waals surface area contributed by atoms with E-state index in [4.69, 9.17) is 4.74 Å². The molecule has 4 heteroatoms. The van der Waals surface area contributed by atoms with Crippen LogP contribution in [0.15, 0.2) is 35.8 Å². The fourth-order valence-corrected chi connectivity index (χ4v) is 2.55. The summed E-state index contributed by atoms with van der Waals surface area (Å²) in [5.41, 5.74) is 0. The molecule has 2 rings (SSSR count). The summed E-state index contributed by atoms with van der Waals surface area (Å²) in [6.45, 7) is 2.16. The lowest BCUT2D eigenvalue weighted by molar-refractivity contribution is 0.414. The highest BCUT2D eigenvalue weighted by Crippen LogP contribution is 2.29. The Morgan fingerprint density at radius 3 is 2.94 bits per heavy atom. The van der Waals surface area contributed by atoms with Crippen LogP contribution in [0.3, 0.4) is 0 Å². The van der Waals surface area contributed by atoms with Gasteiger partial charge in [0.25, 0.3) is 0 Å². The van der Waals surface area contributed by atoms with E-state index in [9.17, 15) is 0 Å². The summed E-state index contributed by atoms with van der Waals surface area (Å²) >= 11 is 1.76. The highest BCUT2D eigenvalue weighted by atomic mass is 32.1. The van der Waals surface area contributed by atoms with Crippen molar-refractivity contribution in [2.45, 2.75) is 19.4 Å². The van der Waals surface area contributed by atoms with Gasteiger partial charge in [0.1, 0.15) is 0 Å². The van der Waals surface area contributed by atoms with Crippen LogP contribution in [0.25, 0.3) is 0 Å². The molecule has 0 aliphatic heterocycles. The fourth-order valence-electron chi connectivity index (χ4n) is 1.69. The third kappa shape index (κ3) is 2.77. The van der Waals surface area contributed by atoms with E-state index < -0.39 is 0 Å². The highest BCUT2D eigenvalue weighted by Gasteiger charge is 2.12. The van der Waals surface area contributed by atoms with Gasteiger partial charge in [0.15, 0.2) is 11.6 Å². The van der Waals surface area contributed by atoms with Crippen molar-refractivity contribution in [3.8, 4) is 5.75 Å². The van der Waals surface area contributed by atoms with E-state index in [1.807, 2.05) is 12.1 Å². The van der Waals surface area contributed by atoms with Crippen molar-refractivity contribution in [1.82, 2.24) is 4.98 Å². The average Bonchev–Trinajstić information content (AvgIpc) is 2.90. The Labute approximate surface area is 105 Å². The lowest BCUT2D eigenvalue weighted by Crippen LogP contribution is -2.10.